The van der Waals surface area contributed by atoms with Crippen LogP contribution < -0.4 is 21.3 Å². The number of nitro benzene ring substituents is 1. The Bertz CT molecular complexity index is 874. The fourth-order valence-corrected chi connectivity index (χ4v) is 2.15. The number of anilines is 2. The fraction of sp³-hybridized carbons (Fsp3) is 0.333. The van der Waals surface area contributed by atoms with Crippen LogP contribution in [0, 0.1) is 10.1 Å². The van der Waals surface area contributed by atoms with Gasteiger partial charge in [0, 0.05) is 12.1 Å². The van der Waals surface area contributed by atoms with E-state index >= 15 is 0 Å². The molecule has 0 saturated carbocycles. The summed E-state index contributed by atoms with van der Waals surface area (Å²) < 4.78 is 27.8. The van der Waals surface area contributed by atoms with Crippen LogP contribution in [-0.2, 0) is 19.2 Å². The lowest BCUT2D eigenvalue weighted by atomic mass is 10.2. The van der Waals surface area contributed by atoms with E-state index in [1.807, 2.05) is 0 Å². The van der Waals surface area contributed by atoms with Gasteiger partial charge in [0.15, 0.2) is 0 Å². The zero-order valence-corrected chi connectivity index (χ0v) is 14.5. The maximum atomic E-state index is 13.9. The second kappa shape index (κ2) is 7.54. The monoisotopic (exact) mass is 399 g/mol. The van der Waals surface area contributed by atoms with Crippen molar-refractivity contribution in [3.05, 3.63) is 28.3 Å². The summed E-state index contributed by atoms with van der Waals surface area (Å²) in [6.45, 7) is 2.16. The highest BCUT2D eigenvalue weighted by molar-refractivity contribution is 6.11. The first-order valence-corrected chi connectivity index (χ1v) is 7.83. The molecule has 0 spiro atoms. The van der Waals surface area contributed by atoms with Crippen LogP contribution in [0.4, 0.5) is 25.8 Å². The number of halogens is 2. The van der Waals surface area contributed by atoms with Crippen molar-refractivity contribution in [1.82, 2.24) is 10.6 Å². The van der Waals surface area contributed by atoms with Crippen LogP contribution in [0.3, 0.4) is 0 Å². The minimum Gasteiger partial charge on any atom is -0.339 e. The van der Waals surface area contributed by atoms with E-state index < -0.39 is 52.2 Å². The molecule has 2 unspecified atom stereocenters. The van der Waals surface area contributed by atoms with Crippen LogP contribution in [0.5, 0.6) is 0 Å². The molecule has 2 atom stereocenters. The van der Waals surface area contributed by atoms with Gasteiger partial charge < -0.3 is 21.3 Å². The molecule has 1 aromatic rings. The third kappa shape index (κ3) is 4.19. The predicted octanol–water partition coefficient (Wildman–Crippen LogP) is 0.130. The minimum atomic E-state index is -4.54. The van der Waals surface area contributed by atoms with E-state index in [0.29, 0.717) is 0 Å². The molecular weight excluding hydrogens is 384 g/mol. The van der Waals surface area contributed by atoms with Gasteiger partial charge in [0.05, 0.1) is 16.3 Å². The van der Waals surface area contributed by atoms with Crippen molar-refractivity contribution >= 4 is 40.7 Å². The summed E-state index contributed by atoms with van der Waals surface area (Å²) in [6, 6.07) is 0.110. The van der Waals surface area contributed by atoms with Gasteiger partial charge in [0.1, 0.15) is 12.1 Å². The summed E-state index contributed by atoms with van der Waals surface area (Å²) in [7, 11) is 0. The van der Waals surface area contributed by atoms with E-state index in [9.17, 15) is 38.1 Å². The molecule has 13 heteroatoms. The smallest absolute Gasteiger partial charge is 0.339 e. The molecule has 4 amide bonds. The number of carbonyl (C=O) groups excluding carboxylic acids is 4. The number of alkyl halides is 2. The normalized spacial score (nSPS) is 22.9. The van der Waals surface area contributed by atoms with Gasteiger partial charge in [-0.05, 0) is 19.9 Å². The van der Waals surface area contributed by atoms with Crippen molar-refractivity contribution in [3.8, 4) is 0 Å². The van der Waals surface area contributed by atoms with E-state index in [2.05, 4.69) is 10.6 Å². The predicted molar refractivity (Wildman–Crippen MR) is 90.5 cm³/mol. The second-order valence-corrected chi connectivity index (χ2v) is 5.93. The molecule has 28 heavy (non-hydrogen) atoms. The molecule has 0 aromatic heterocycles. The molecule has 4 N–H and O–H groups in total. The zero-order valence-electron chi connectivity index (χ0n) is 14.5. The second-order valence-electron chi connectivity index (χ2n) is 5.93. The van der Waals surface area contributed by atoms with Crippen LogP contribution in [0.2, 0.25) is 0 Å². The lowest BCUT2D eigenvalue weighted by Gasteiger charge is -2.19. The zero-order chi connectivity index (χ0) is 21.2. The topological polar surface area (TPSA) is 160 Å². The number of hydrogen-bond donors (Lipinski definition) is 4. The lowest BCUT2D eigenvalue weighted by Crippen LogP contribution is -2.57. The molecule has 0 fully saturated rings. The number of benzene rings is 1. The maximum Gasteiger partial charge on any atom is 0.400 e. The lowest BCUT2D eigenvalue weighted by molar-refractivity contribution is -0.384. The molecule has 1 aliphatic rings. The van der Waals surface area contributed by atoms with Gasteiger partial charge in [-0.1, -0.05) is 0 Å². The first kappa shape index (κ1) is 20.7. The number of nitrogens with one attached hydrogen (secondary N) is 4. The van der Waals surface area contributed by atoms with Crippen molar-refractivity contribution in [1.29, 1.82) is 0 Å². The van der Waals surface area contributed by atoms with Crippen molar-refractivity contribution in [2.75, 3.05) is 10.6 Å². The average Bonchev–Trinajstić information content (AvgIpc) is 2.61. The van der Waals surface area contributed by atoms with Gasteiger partial charge in [-0.2, -0.15) is 8.78 Å². The molecule has 1 heterocycles. The van der Waals surface area contributed by atoms with Gasteiger partial charge in [-0.3, -0.25) is 29.3 Å². The molecule has 150 valence electrons. The number of rotatable bonds is 1. The highest BCUT2D eigenvalue weighted by atomic mass is 19.3. The Labute approximate surface area is 156 Å². The van der Waals surface area contributed by atoms with Crippen LogP contribution >= 0.6 is 0 Å². The number of non-ortho nitro benzene ring substituents is 1. The van der Waals surface area contributed by atoms with Crippen LogP contribution in [0.15, 0.2) is 18.2 Å². The first-order valence-electron chi connectivity index (χ1n) is 7.83. The van der Waals surface area contributed by atoms with E-state index in [1.165, 1.54) is 0 Å². The van der Waals surface area contributed by atoms with Crippen molar-refractivity contribution in [3.63, 3.8) is 0 Å². The molecule has 1 aromatic carbocycles. The van der Waals surface area contributed by atoms with E-state index in [1.54, 1.807) is 10.6 Å². The summed E-state index contributed by atoms with van der Waals surface area (Å²) >= 11 is 0. The van der Waals surface area contributed by atoms with Gasteiger partial charge in [0.25, 0.3) is 5.69 Å². The number of amides is 4. The quantitative estimate of drug-likeness (QED) is 0.298. The maximum absolute atomic E-state index is 13.9. The van der Waals surface area contributed by atoms with Crippen LogP contribution in [-0.4, -0.2) is 46.6 Å². The minimum absolute atomic E-state index is 0.0745. The third-order valence-corrected chi connectivity index (χ3v) is 3.78. The van der Waals surface area contributed by atoms with Gasteiger partial charge in [0.2, 0.25) is 11.8 Å². The summed E-state index contributed by atoms with van der Waals surface area (Å²) in [4.78, 5) is 57.9. The Balaban J connectivity index is 2.49. The third-order valence-electron chi connectivity index (χ3n) is 3.78. The Hall–Kier alpha value is -3.64. The van der Waals surface area contributed by atoms with Gasteiger partial charge in [-0.15, -0.1) is 0 Å². The SMILES string of the molecule is CC1NC(=O)C(F)(F)C(=O)NC(C)C(=O)Nc2cc([N+](=O)[O-])ccc2NC1=O. The standard InChI is InChI=1S/C15H15F2N5O6/c1-6-11(23)20-9-4-3-8(22(27)28)5-10(9)21-12(24)7(2)19-14(26)15(16,17)13(25)18-6/h3-7H,1-2H3,(H,18,25)(H,19,26)(H,20,23)(H,21,24). The highest BCUT2D eigenvalue weighted by Gasteiger charge is 2.49. The van der Waals surface area contributed by atoms with Crippen molar-refractivity contribution < 1.29 is 32.9 Å². The van der Waals surface area contributed by atoms with Crippen LogP contribution in [0.25, 0.3) is 0 Å². The summed E-state index contributed by atoms with van der Waals surface area (Å²) in [5, 5.41) is 18.8. The Morgan fingerprint density at radius 2 is 1.39 bits per heavy atom. The largest absolute Gasteiger partial charge is 0.400 e. The fourth-order valence-electron chi connectivity index (χ4n) is 2.15. The molecule has 11 nitrogen and oxygen atoms in total. The molecule has 2 rings (SSSR count). The Morgan fingerprint density at radius 3 is 1.86 bits per heavy atom. The van der Waals surface area contributed by atoms with Crippen LogP contribution in [0.1, 0.15) is 13.8 Å². The number of fused-ring (bicyclic) bond motifs is 1. The van der Waals surface area contributed by atoms with Crippen molar-refractivity contribution in [2.24, 2.45) is 0 Å². The van der Waals surface area contributed by atoms with E-state index in [4.69, 9.17) is 0 Å². The molecule has 0 saturated heterocycles. The Morgan fingerprint density at radius 1 is 0.929 bits per heavy atom. The van der Waals surface area contributed by atoms with Gasteiger partial charge in [-0.25, -0.2) is 0 Å². The van der Waals surface area contributed by atoms with E-state index in [-0.39, 0.29) is 11.4 Å². The number of hydrogen-bond acceptors (Lipinski definition) is 6. The van der Waals surface area contributed by atoms with Gasteiger partial charge >= 0.3 is 17.7 Å². The number of nitro groups is 1. The molecular formula is C15H15F2N5O6. The molecule has 0 aliphatic carbocycles. The summed E-state index contributed by atoms with van der Waals surface area (Å²) in [5.74, 6) is -10.6. The number of nitrogens with zero attached hydrogens (tertiary/aromatic N) is 1. The van der Waals surface area contributed by atoms with E-state index in [0.717, 1.165) is 32.0 Å². The molecule has 0 bridgehead atoms. The summed E-state index contributed by atoms with van der Waals surface area (Å²) in [5.41, 5.74) is -0.685. The number of carbonyl (C=O) groups is 4. The first-order chi connectivity index (χ1) is 12.9. The molecule has 1 aliphatic heterocycles. The average molecular weight is 399 g/mol. The molecule has 0 radical (unpaired) electrons. The summed E-state index contributed by atoms with van der Waals surface area (Å²) in [6.07, 6.45) is 0. The highest BCUT2D eigenvalue weighted by Crippen LogP contribution is 2.28. The van der Waals surface area contributed by atoms with Crippen molar-refractivity contribution in [2.45, 2.75) is 31.9 Å². The Kier molecular flexibility index (Phi) is 5.57.